The fourth-order valence-corrected chi connectivity index (χ4v) is 5.39. The summed E-state index contributed by atoms with van der Waals surface area (Å²) in [5.41, 5.74) is 3.33. The van der Waals surface area contributed by atoms with Crippen LogP contribution in [-0.4, -0.2) is 53.4 Å². The zero-order valence-electron chi connectivity index (χ0n) is 20.9. The highest BCUT2D eigenvalue weighted by molar-refractivity contribution is 6.34. The van der Waals surface area contributed by atoms with E-state index in [2.05, 4.69) is 4.98 Å². The number of anilines is 2. The van der Waals surface area contributed by atoms with E-state index >= 15 is 0 Å². The van der Waals surface area contributed by atoms with Crippen LogP contribution in [0.1, 0.15) is 31.4 Å². The highest BCUT2D eigenvalue weighted by Gasteiger charge is 2.36. The van der Waals surface area contributed by atoms with E-state index in [1.165, 1.54) is 0 Å². The first-order chi connectivity index (χ1) is 17.0. The fraction of sp³-hybridized carbons (Fsp3) is 0.357. The van der Waals surface area contributed by atoms with Crippen LogP contribution in [0.5, 0.6) is 0 Å². The molecule has 0 aliphatic carbocycles. The van der Waals surface area contributed by atoms with E-state index in [1.54, 1.807) is 36.3 Å². The number of hydrogen-bond donors (Lipinski definition) is 2. The Bertz CT molecular complexity index is 1260. The minimum absolute atomic E-state index is 0.0744. The molecule has 3 aromatic rings. The summed E-state index contributed by atoms with van der Waals surface area (Å²) in [6.07, 6.45) is 1.64. The Morgan fingerprint density at radius 1 is 1.14 bits per heavy atom. The van der Waals surface area contributed by atoms with Crippen LogP contribution < -0.4 is 9.80 Å². The van der Waals surface area contributed by atoms with E-state index in [9.17, 15) is 15.0 Å². The van der Waals surface area contributed by atoms with E-state index in [0.717, 1.165) is 22.3 Å². The molecule has 2 atom stereocenters. The smallest absolute Gasteiger partial charge is 0.236 e. The summed E-state index contributed by atoms with van der Waals surface area (Å²) in [6.45, 7) is 6.03. The van der Waals surface area contributed by atoms with Crippen molar-refractivity contribution in [3.8, 4) is 11.1 Å². The molecule has 0 saturated carbocycles. The largest absolute Gasteiger partial charge is 0.394 e. The number of aromatic nitrogens is 1. The molecule has 1 fully saturated rings. The molecule has 0 spiro atoms. The topological polar surface area (TPSA) is 76.9 Å². The molecule has 4 rings (SSSR count). The van der Waals surface area contributed by atoms with Crippen molar-refractivity contribution in [3.63, 3.8) is 0 Å². The summed E-state index contributed by atoms with van der Waals surface area (Å²) in [7, 11) is 1.74. The quantitative estimate of drug-likeness (QED) is 0.458. The van der Waals surface area contributed by atoms with Gasteiger partial charge in [0.2, 0.25) is 5.91 Å². The number of nitrogens with zero attached hydrogens (tertiary/aromatic N) is 3. The molecule has 2 heterocycles. The van der Waals surface area contributed by atoms with Crippen LogP contribution in [0.25, 0.3) is 11.1 Å². The number of aliphatic hydroxyl groups is 2. The van der Waals surface area contributed by atoms with Gasteiger partial charge in [-0.2, -0.15) is 0 Å². The number of aliphatic hydroxyl groups excluding tert-OH is 2. The second kappa shape index (κ2) is 10.4. The van der Waals surface area contributed by atoms with Gasteiger partial charge >= 0.3 is 0 Å². The minimum Gasteiger partial charge on any atom is -0.394 e. The lowest BCUT2D eigenvalue weighted by Gasteiger charge is -2.32. The molecule has 0 bridgehead atoms. The van der Waals surface area contributed by atoms with Crippen molar-refractivity contribution in [2.45, 2.75) is 44.8 Å². The van der Waals surface area contributed by atoms with Gasteiger partial charge in [-0.25, -0.2) is 4.98 Å². The van der Waals surface area contributed by atoms with Gasteiger partial charge in [0.15, 0.2) is 0 Å². The van der Waals surface area contributed by atoms with Crippen molar-refractivity contribution in [2.24, 2.45) is 0 Å². The number of halogens is 2. The van der Waals surface area contributed by atoms with Crippen LogP contribution in [0.3, 0.4) is 0 Å². The Morgan fingerprint density at radius 3 is 2.44 bits per heavy atom. The van der Waals surface area contributed by atoms with E-state index in [1.807, 2.05) is 56.0 Å². The summed E-state index contributed by atoms with van der Waals surface area (Å²) in [4.78, 5) is 22.1. The number of hydrogen-bond acceptors (Lipinski definition) is 5. The highest BCUT2D eigenvalue weighted by atomic mass is 35.5. The number of benzene rings is 2. The van der Waals surface area contributed by atoms with Crippen molar-refractivity contribution < 1.29 is 15.0 Å². The van der Waals surface area contributed by atoms with Gasteiger partial charge in [0.25, 0.3) is 0 Å². The zero-order valence-corrected chi connectivity index (χ0v) is 22.4. The van der Waals surface area contributed by atoms with Crippen LogP contribution >= 0.6 is 23.2 Å². The number of pyridine rings is 1. The van der Waals surface area contributed by atoms with Gasteiger partial charge in [-0.1, -0.05) is 47.5 Å². The summed E-state index contributed by atoms with van der Waals surface area (Å²) in [5, 5.41) is 21.0. The summed E-state index contributed by atoms with van der Waals surface area (Å²) < 4.78 is 0. The van der Waals surface area contributed by atoms with Gasteiger partial charge in [0, 0.05) is 29.2 Å². The molecule has 1 saturated heterocycles. The Balaban J connectivity index is 1.79. The first-order valence-electron chi connectivity index (χ1n) is 11.9. The van der Waals surface area contributed by atoms with Gasteiger partial charge in [0.1, 0.15) is 5.82 Å². The Labute approximate surface area is 222 Å². The second-order valence-corrected chi connectivity index (χ2v) is 10.8. The average molecular weight is 528 g/mol. The standard InChI is InChI=1S/C28H31Cl2N3O3/c1-17-7-5-6-8-23(17)24-13-26(33-15-22(35)12-21(33)16-34)31-14-25(24)32(4)27(36)28(2,3)18-9-19(29)11-20(30)10-18/h5-11,13-14,21-22,34-35H,12,15-16H2,1-4H3. The molecule has 2 unspecified atom stereocenters. The molecule has 0 radical (unpaired) electrons. The number of rotatable bonds is 6. The third-order valence-electron chi connectivity index (χ3n) is 6.99. The second-order valence-electron chi connectivity index (χ2n) is 9.90. The highest BCUT2D eigenvalue weighted by Crippen LogP contribution is 2.38. The minimum atomic E-state index is -0.911. The molecular formula is C28H31Cl2N3O3. The van der Waals surface area contributed by atoms with Crippen molar-refractivity contribution in [3.05, 3.63) is 75.9 Å². The van der Waals surface area contributed by atoms with Crippen molar-refractivity contribution >= 4 is 40.6 Å². The maximum atomic E-state index is 13.9. The van der Waals surface area contributed by atoms with Gasteiger partial charge in [-0.15, -0.1) is 0 Å². The third kappa shape index (κ3) is 5.09. The molecule has 6 nitrogen and oxygen atoms in total. The number of likely N-dealkylation sites (N-methyl/N-ethyl adjacent to an activating group) is 1. The average Bonchev–Trinajstić information content (AvgIpc) is 3.23. The van der Waals surface area contributed by atoms with E-state index in [0.29, 0.717) is 34.5 Å². The first kappa shape index (κ1) is 26.4. The fourth-order valence-electron chi connectivity index (χ4n) is 4.86. The monoisotopic (exact) mass is 527 g/mol. The molecule has 1 amide bonds. The molecule has 2 aromatic carbocycles. The van der Waals surface area contributed by atoms with Crippen molar-refractivity contribution in [1.82, 2.24) is 4.98 Å². The molecular weight excluding hydrogens is 497 g/mol. The normalized spacial score (nSPS) is 17.9. The van der Waals surface area contributed by atoms with Gasteiger partial charge in [-0.05, 0) is 68.1 Å². The Morgan fingerprint density at radius 2 is 1.81 bits per heavy atom. The zero-order chi connectivity index (χ0) is 26.2. The number of aryl methyl sites for hydroxylation is 1. The van der Waals surface area contributed by atoms with E-state index in [-0.39, 0.29) is 18.6 Å². The predicted octanol–water partition coefficient (Wildman–Crippen LogP) is 5.24. The lowest BCUT2D eigenvalue weighted by atomic mass is 9.83. The van der Waals surface area contributed by atoms with Gasteiger partial charge in [-0.3, -0.25) is 4.79 Å². The first-order valence-corrected chi connectivity index (χ1v) is 12.6. The number of carbonyl (C=O) groups is 1. The predicted molar refractivity (Wildman–Crippen MR) is 146 cm³/mol. The number of amides is 1. The number of carbonyl (C=O) groups excluding carboxylic acids is 1. The van der Waals surface area contributed by atoms with Crippen LogP contribution in [-0.2, 0) is 10.2 Å². The molecule has 8 heteroatoms. The lowest BCUT2D eigenvalue weighted by molar-refractivity contribution is -0.122. The Hall–Kier alpha value is -2.64. The maximum Gasteiger partial charge on any atom is 0.236 e. The molecule has 1 aromatic heterocycles. The maximum absolute atomic E-state index is 13.9. The third-order valence-corrected chi connectivity index (χ3v) is 7.42. The van der Waals surface area contributed by atoms with Crippen LogP contribution in [0.15, 0.2) is 54.7 Å². The van der Waals surface area contributed by atoms with Crippen molar-refractivity contribution in [2.75, 3.05) is 30.0 Å². The Kier molecular flexibility index (Phi) is 7.62. The van der Waals surface area contributed by atoms with Crippen LogP contribution in [0.4, 0.5) is 11.5 Å². The van der Waals surface area contributed by atoms with Crippen LogP contribution in [0, 0.1) is 6.92 Å². The van der Waals surface area contributed by atoms with E-state index < -0.39 is 11.5 Å². The van der Waals surface area contributed by atoms with Gasteiger partial charge in [0.05, 0.1) is 36.1 Å². The molecule has 1 aliphatic rings. The summed E-state index contributed by atoms with van der Waals surface area (Å²) in [6, 6.07) is 14.9. The SMILES string of the molecule is Cc1ccccc1-c1cc(N2CC(O)CC2CO)ncc1N(C)C(=O)C(C)(C)c1cc(Cl)cc(Cl)c1. The molecule has 36 heavy (non-hydrogen) atoms. The molecule has 1 aliphatic heterocycles. The van der Waals surface area contributed by atoms with Crippen LogP contribution in [0.2, 0.25) is 10.0 Å². The molecule has 190 valence electrons. The van der Waals surface area contributed by atoms with Crippen molar-refractivity contribution in [1.29, 1.82) is 0 Å². The molecule has 2 N–H and O–H groups in total. The van der Waals surface area contributed by atoms with E-state index in [4.69, 9.17) is 23.2 Å². The summed E-state index contributed by atoms with van der Waals surface area (Å²) >= 11 is 12.5. The lowest BCUT2D eigenvalue weighted by Crippen LogP contribution is -2.42. The number of β-amino-alcohol motifs (C(OH)–C–C–N with tert-alkyl or cyclic N) is 1. The summed E-state index contributed by atoms with van der Waals surface area (Å²) in [5.74, 6) is 0.504. The van der Waals surface area contributed by atoms with Gasteiger partial charge < -0.3 is 20.0 Å².